The normalized spacial score (nSPS) is 25.8. The van der Waals surface area contributed by atoms with Crippen LogP contribution in [0, 0.1) is 19.3 Å². The van der Waals surface area contributed by atoms with Gasteiger partial charge in [0.1, 0.15) is 0 Å². The summed E-state index contributed by atoms with van der Waals surface area (Å²) < 4.78 is 0. The summed E-state index contributed by atoms with van der Waals surface area (Å²) in [5.74, 6) is 0. The zero-order chi connectivity index (χ0) is 19.4. The Morgan fingerprint density at radius 1 is 0.926 bits per heavy atom. The lowest BCUT2D eigenvalue weighted by Crippen LogP contribution is -2.44. The standard InChI is InChI=1S/C23H39N3O/c1-5-23(18-27)7-6-8-26(17-23)16-22-14-21(19(2)13-20(22)3)15-25-11-9-24(4)10-12-25/h13-14,27H,5-12,15-18H2,1-4H3/t23-/m1/s1. The lowest BCUT2D eigenvalue weighted by atomic mass is 9.78. The van der Waals surface area contributed by atoms with Gasteiger partial charge in [-0.15, -0.1) is 0 Å². The first-order chi connectivity index (χ1) is 12.9. The van der Waals surface area contributed by atoms with E-state index in [-0.39, 0.29) is 5.41 Å². The van der Waals surface area contributed by atoms with Crippen LogP contribution >= 0.6 is 0 Å². The maximum absolute atomic E-state index is 9.93. The molecule has 1 aromatic carbocycles. The summed E-state index contributed by atoms with van der Waals surface area (Å²) in [7, 11) is 2.22. The molecule has 0 aromatic heterocycles. The Bertz CT molecular complexity index is 618. The molecule has 0 unspecified atom stereocenters. The van der Waals surface area contributed by atoms with Gasteiger partial charge in [-0.2, -0.15) is 0 Å². The SMILES string of the molecule is CC[C@@]1(CO)CCCN(Cc2cc(CN3CCN(C)CC3)c(C)cc2C)C1. The summed E-state index contributed by atoms with van der Waals surface area (Å²) >= 11 is 0. The summed E-state index contributed by atoms with van der Waals surface area (Å²) in [6.07, 6.45) is 3.44. The Balaban J connectivity index is 1.70. The molecule has 2 aliphatic heterocycles. The van der Waals surface area contributed by atoms with Crippen LogP contribution in [0.15, 0.2) is 12.1 Å². The molecule has 1 N–H and O–H groups in total. The van der Waals surface area contributed by atoms with Crippen molar-refractivity contribution in [1.29, 1.82) is 0 Å². The number of nitrogens with zero attached hydrogens (tertiary/aromatic N) is 3. The molecule has 152 valence electrons. The molecule has 0 saturated carbocycles. The summed E-state index contributed by atoms with van der Waals surface area (Å²) in [6.45, 7) is 16.0. The van der Waals surface area contributed by atoms with Crippen molar-refractivity contribution >= 4 is 0 Å². The van der Waals surface area contributed by atoms with Crippen molar-refractivity contribution in [2.45, 2.75) is 53.1 Å². The number of likely N-dealkylation sites (tertiary alicyclic amines) is 1. The Morgan fingerprint density at radius 2 is 1.56 bits per heavy atom. The summed E-state index contributed by atoms with van der Waals surface area (Å²) in [5, 5.41) is 9.93. The second-order valence-corrected chi connectivity index (χ2v) is 9.11. The van der Waals surface area contributed by atoms with Crippen molar-refractivity contribution < 1.29 is 5.11 Å². The molecule has 4 heteroatoms. The van der Waals surface area contributed by atoms with E-state index in [1.807, 2.05) is 0 Å². The number of rotatable bonds is 6. The van der Waals surface area contributed by atoms with Crippen LogP contribution in [0.5, 0.6) is 0 Å². The number of piperazine rings is 1. The molecule has 2 aliphatic rings. The minimum absolute atomic E-state index is 0.111. The van der Waals surface area contributed by atoms with Gasteiger partial charge in [-0.3, -0.25) is 9.80 Å². The average Bonchev–Trinajstić information content (AvgIpc) is 2.67. The Morgan fingerprint density at radius 3 is 2.15 bits per heavy atom. The van der Waals surface area contributed by atoms with Crippen molar-refractivity contribution in [3.8, 4) is 0 Å². The minimum atomic E-state index is 0.111. The fraction of sp³-hybridized carbons (Fsp3) is 0.739. The van der Waals surface area contributed by atoms with Crippen LogP contribution in [0.25, 0.3) is 0 Å². The van der Waals surface area contributed by atoms with Gasteiger partial charge in [0.2, 0.25) is 0 Å². The Hall–Kier alpha value is -0.940. The molecule has 0 spiro atoms. The van der Waals surface area contributed by atoms with E-state index in [9.17, 15) is 5.11 Å². The molecule has 2 fully saturated rings. The van der Waals surface area contributed by atoms with E-state index in [0.29, 0.717) is 6.61 Å². The van der Waals surface area contributed by atoms with Crippen molar-refractivity contribution in [3.05, 3.63) is 34.4 Å². The predicted octanol–water partition coefficient (Wildman–Crippen LogP) is 3.04. The molecule has 1 aromatic rings. The van der Waals surface area contributed by atoms with Gasteiger partial charge in [0.05, 0.1) is 0 Å². The Kier molecular flexibility index (Phi) is 6.96. The molecule has 0 amide bonds. The second-order valence-electron chi connectivity index (χ2n) is 9.11. The number of likely N-dealkylation sites (N-methyl/N-ethyl adjacent to an activating group) is 1. The molecule has 27 heavy (non-hydrogen) atoms. The van der Waals surface area contributed by atoms with Gasteiger partial charge in [-0.05, 0) is 69.0 Å². The van der Waals surface area contributed by atoms with Crippen LogP contribution in [0.4, 0.5) is 0 Å². The van der Waals surface area contributed by atoms with E-state index in [1.54, 1.807) is 0 Å². The third kappa shape index (κ3) is 5.11. The number of aliphatic hydroxyl groups is 1. The van der Waals surface area contributed by atoms with E-state index >= 15 is 0 Å². The maximum Gasteiger partial charge on any atom is 0.0499 e. The van der Waals surface area contributed by atoms with E-state index in [4.69, 9.17) is 0 Å². The highest BCUT2D eigenvalue weighted by molar-refractivity contribution is 5.37. The highest BCUT2D eigenvalue weighted by Crippen LogP contribution is 2.33. The van der Waals surface area contributed by atoms with Gasteiger partial charge in [-0.25, -0.2) is 0 Å². The van der Waals surface area contributed by atoms with Crippen molar-refractivity contribution in [3.63, 3.8) is 0 Å². The van der Waals surface area contributed by atoms with E-state index in [0.717, 1.165) is 39.0 Å². The molecule has 4 nitrogen and oxygen atoms in total. The number of aliphatic hydroxyl groups excluding tert-OH is 1. The first-order valence-electron chi connectivity index (χ1n) is 10.8. The molecule has 3 rings (SSSR count). The van der Waals surface area contributed by atoms with Crippen molar-refractivity contribution in [2.24, 2.45) is 5.41 Å². The second kappa shape index (κ2) is 9.04. The van der Waals surface area contributed by atoms with Gasteiger partial charge in [0, 0.05) is 57.8 Å². The quantitative estimate of drug-likeness (QED) is 0.830. The number of hydrogen-bond acceptors (Lipinski definition) is 4. The van der Waals surface area contributed by atoms with Crippen molar-refractivity contribution in [2.75, 3.05) is 52.9 Å². The van der Waals surface area contributed by atoms with E-state index in [1.165, 1.54) is 54.9 Å². The van der Waals surface area contributed by atoms with Crippen LogP contribution in [-0.2, 0) is 13.1 Å². The molecule has 0 bridgehead atoms. The number of hydrogen-bond donors (Lipinski definition) is 1. The topological polar surface area (TPSA) is 30.0 Å². The summed E-state index contributed by atoms with van der Waals surface area (Å²) in [6, 6.07) is 4.84. The number of aryl methyl sites for hydroxylation is 2. The zero-order valence-corrected chi connectivity index (χ0v) is 17.9. The number of benzene rings is 1. The lowest BCUT2D eigenvalue weighted by molar-refractivity contribution is 0.0257. The fourth-order valence-corrected chi connectivity index (χ4v) is 4.75. The van der Waals surface area contributed by atoms with Crippen molar-refractivity contribution in [1.82, 2.24) is 14.7 Å². The van der Waals surface area contributed by atoms with E-state index < -0.39 is 0 Å². The van der Waals surface area contributed by atoms with Gasteiger partial charge < -0.3 is 10.0 Å². The van der Waals surface area contributed by atoms with Crippen LogP contribution in [-0.4, -0.2) is 72.7 Å². The zero-order valence-electron chi connectivity index (χ0n) is 17.9. The predicted molar refractivity (Wildman–Crippen MR) is 113 cm³/mol. The van der Waals surface area contributed by atoms with Gasteiger partial charge >= 0.3 is 0 Å². The molecule has 0 radical (unpaired) electrons. The monoisotopic (exact) mass is 373 g/mol. The first-order valence-corrected chi connectivity index (χ1v) is 10.8. The molecular weight excluding hydrogens is 334 g/mol. The smallest absolute Gasteiger partial charge is 0.0499 e. The summed E-state index contributed by atoms with van der Waals surface area (Å²) in [5.41, 5.74) is 5.90. The minimum Gasteiger partial charge on any atom is -0.396 e. The third-order valence-electron chi connectivity index (χ3n) is 7.00. The third-order valence-corrected chi connectivity index (χ3v) is 7.00. The fourth-order valence-electron chi connectivity index (χ4n) is 4.75. The molecular formula is C23H39N3O. The highest BCUT2D eigenvalue weighted by Gasteiger charge is 2.33. The summed E-state index contributed by atoms with van der Waals surface area (Å²) in [4.78, 5) is 7.58. The van der Waals surface area contributed by atoms with Crippen LogP contribution in [0.1, 0.15) is 48.4 Å². The van der Waals surface area contributed by atoms with Crippen LogP contribution in [0.3, 0.4) is 0 Å². The van der Waals surface area contributed by atoms with Crippen LogP contribution in [0.2, 0.25) is 0 Å². The molecule has 0 aliphatic carbocycles. The maximum atomic E-state index is 9.93. The number of piperidine rings is 1. The largest absolute Gasteiger partial charge is 0.396 e. The Labute approximate surface area is 166 Å². The van der Waals surface area contributed by atoms with E-state index in [2.05, 4.69) is 54.7 Å². The first kappa shape index (κ1) is 20.8. The van der Waals surface area contributed by atoms with Gasteiger partial charge in [0.25, 0.3) is 0 Å². The van der Waals surface area contributed by atoms with Gasteiger partial charge in [-0.1, -0.05) is 19.1 Å². The average molecular weight is 374 g/mol. The van der Waals surface area contributed by atoms with Gasteiger partial charge in [0.15, 0.2) is 0 Å². The van der Waals surface area contributed by atoms with Crippen LogP contribution < -0.4 is 0 Å². The highest BCUT2D eigenvalue weighted by atomic mass is 16.3. The molecule has 2 heterocycles. The lowest BCUT2D eigenvalue weighted by Gasteiger charge is -2.41. The molecule has 1 atom stereocenters. The molecule has 2 saturated heterocycles.